The third-order valence-electron chi connectivity index (χ3n) is 4.02. The van der Waals surface area contributed by atoms with Gasteiger partial charge < -0.3 is 9.67 Å². The largest absolute Gasteiger partial charge is 0.395 e. The summed E-state index contributed by atoms with van der Waals surface area (Å²) in [5.41, 5.74) is 3.46. The molecule has 0 aliphatic rings. The normalized spacial score (nSPS) is 11.0. The number of rotatable bonds is 4. The third-order valence-corrected chi connectivity index (χ3v) is 4.02. The van der Waals surface area contributed by atoms with E-state index >= 15 is 0 Å². The molecule has 0 fully saturated rings. The van der Waals surface area contributed by atoms with E-state index in [0.29, 0.717) is 35.0 Å². The molecule has 1 aromatic carbocycles. The molecule has 4 rings (SSSR count). The van der Waals surface area contributed by atoms with Crippen molar-refractivity contribution in [1.29, 1.82) is 5.26 Å². The highest BCUT2D eigenvalue weighted by molar-refractivity contribution is 5.77. The van der Waals surface area contributed by atoms with Crippen molar-refractivity contribution in [2.75, 3.05) is 6.61 Å². The molecule has 0 atom stereocenters. The van der Waals surface area contributed by atoms with Crippen LogP contribution in [-0.2, 0) is 6.54 Å². The van der Waals surface area contributed by atoms with Crippen molar-refractivity contribution in [3.8, 4) is 28.7 Å². The van der Waals surface area contributed by atoms with Crippen LogP contribution >= 0.6 is 0 Å². The van der Waals surface area contributed by atoms with Crippen molar-refractivity contribution >= 4 is 5.65 Å². The summed E-state index contributed by atoms with van der Waals surface area (Å²) >= 11 is 0. The fourth-order valence-electron chi connectivity index (χ4n) is 2.82. The first-order valence-electron chi connectivity index (χ1n) is 7.88. The summed E-state index contributed by atoms with van der Waals surface area (Å²) in [7, 11) is 0. The van der Waals surface area contributed by atoms with Crippen molar-refractivity contribution in [2.45, 2.75) is 6.54 Å². The summed E-state index contributed by atoms with van der Waals surface area (Å²) in [4.78, 5) is 8.56. The lowest BCUT2D eigenvalue weighted by molar-refractivity contribution is 0.276. The molecule has 0 aliphatic carbocycles. The van der Waals surface area contributed by atoms with E-state index in [4.69, 9.17) is 0 Å². The minimum Gasteiger partial charge on any atom is -0.395 e. The van der Waals surface area contributed by atoms with Gasteiger partial charge in [0.2, 0.25) is 0 Å². The number of imidazole rings is 2. The smallest absolute Gasteiger partial charge is 0.162 e. The zero-order valence-corrected chi connectivity index (χ0v) is 13.5. The van der Waals surface area contributed by atoms with Crippen LogP contribution in [0.25, 0.3) is 28.3 Å². The molecule has 0 bridgehead atoms. The first-order chi connectivity index (χ1) is 12.7. The Bertz CT molecular complexity index is 1120. The maximum atomic E-state index is 13.3. The van der Waals surface area contributed by atoms with E-state index in [0.717, 1.165) is 5.56 Å². The van der Waals surface area contributed by atoms with Crippen molar-refractivity contribution < 1.29 is 9.50 Å². The minimum absolute atomic E-state index is 0.0665. The van der Waals surface area contributed by atoms with Crippen LogP contribution in [0, 0.1) is 17.1 Å². The average Bonchev–Trinajstić information content (AvgIpc) is 3.26. The van der Waals surface area contributed by atoms with Gasteiger partial charge in [0.05, 0.1) is 30.5 Å². The van der Waals surface area contributed by atoms with Gasteiger partial charge in [0, 0.05) is 12.1 Å². The zero-order chi connectivity index (χ0) is 18.1. The Kier molecular flexibility index (Phi) is 3.91. The molecule has 0 aliphatic heterocycles. The lowest BCUT2D eigenvalue weighted by Crippen LogP contribution is -2.05. The highest BCUT2D eigenvalue weighted by atomic mass is 19.1. The number of aliphatic hydroxyl groups is 1. The van der Waals surface area contributed by atoms with Crippen LogP contribution in [0.5, 0.6) is 0 Å². The van der Waals surface area contributed by atoms with Gasteiger partial charge in [0.25, 0.3) is 0 Å². The van der Waals surface area contributed by atoms with E-state index < -0.39 is 0 Å². The van der Waals surface area contributed by atoms with Crippen molar-refractivity contribution in [2.24, 2.45) is 0 Å². The molecule has 0 radical (unpaired) electrons. The molecule has 128 valence electrons. The Hall–Kier alpha value is -3.57. The van der Waals surface area contributed by atoms with E-state index in [9.17, 15) is 14.8 Å². The van der Waals surface area contributed by atoms with Crippen molar-refractivity contribution in [3.63, 3.8) is 0 Å². The lowest BCUT2D eigenvalue weighted by atomic mass is 10.1. The molecule has 4 aromatic rings. The second kappa shape index (κ2) is 6.38. The van der Waals surface area contributed by atoms with Gasteiger partial charge in [-0.25, -0.2) is 18.9 Å². The van der Waals surface area contributed by atoms with Gasteiger partial charge in [-0.1, -0.05) is 0 Å². The van der Waals surface area contributed by atoms with Crippen LogP contribution in [0.15, 0.2) is 48.9 Å². The molecule has 3 heterocycles. The van der Waals surface area contributed by atoms with E-state index in [1.807, 2.05) is 6.07 Å². The maximum absolute atomic E-state index is 13.3. The molecule has 0 spiro atoms. The van der Waals surface area contributed by atoms with E-state index in [2.05, 4.69) is 15.1 Å². The molecule has 0 unspecified atom stereocenters. The van der Waals surface area contributed by atoms with Gasteiger partial charge in [-0.05, 0) is 36.4 Å². The Morgan fingerprint density at radius 1 is 1.12 bits per heavy atom. The number of aliphatic hydroxyl groups excluding tert-OH is 1. The molecule has 8 heteroatoms. The molecule has 0 saturated carbocycles. The number of aromatic nitrogens is 5. The predicted octanol–water partition coefficient (Wildman–Crippen LogP) is 2.26. The molecular formula is C18H13FN6O. The standard InChI is InChI=1S/C18H13FN6O/c19-13-3-1-12(2-4-13)17-18(24(7-8-26)11-22-17)15-5-6-16-21-10-14(9-20)25(16)23-15/h1-6,10-11,26H,7-8H2. The molecule has 3 aromatic heterocycles. The summed E-state index contributed by atoms with van der Waals surface area (Å²) in [6, 6.07) is 11.6. The Balaban J connectivity index is 1.93. The van der Waals surface area contributed by atoms with Crippen LogP contribution in [0.4, 0.5) is 4.39 Å². The highest BCUT2D eigenvalue weighted by Crippen LogP contribution is 2.30. The number of hydrogen-bond donors (Lipinski definition) is 1. The highest BCUT2D eigenvalue weighted by Gasteiger charge is 2.17. The van der Waals surface area contributed by atoms with Crippen molar-refractivity contribution in [3.05, 3.63) is 60.4 Å². The Labute approximate surface area is 147 Å². The predicted molar refractivity (Wildman–Crippen MR) is 91.4 cm³/mol. The van der Waals surface area contributed by atoms with E-state index in [-0.39, 0.29) is 12.4 Å². The fraction of sp³-hybridized carbons (Fsp3) is 0.111. The summed E-state index contributed by atoms with van der Waals surface area (Å²) in [5, 5.41) is 23.1. The number of halogens is 1. The second-order valence-electron chi connectivity index (χ2n) is 5.61. The molecule has 0 amide bonds. The Morgan fingerprint density at radius 2 is 1.92 bits per heavy atom. The average molecular weight is 348 g/mol. The van der Waals surface area contributed by atoms with Gasteiger partial charge in [-0.3, -0.25) is 0 Å². The number of fused-ring (bicyclic) bond motifs is 1. The summed E-state index contributed by atoms with van der Waals surface area (Å²) < 4.78 is 16.5. The zero-order valence-electron chi connectivity index (χ0n) is 13.5. The summed E-state index contributed by atoms with van der Waals surface area (Å²) in [6.45, 7) is 0.265. The van der Waals surface area contributed by atoms with Crippen LogP contribution in [0.3, 0.4) is 0 Å². The third kappa shape index (κ3) is 2.60. The van der Waals surface area contributed by atoms with Crippen LogP contribution in [-0.4, -0.2) is 35.9 Å². The number of nitriles is 1. The minimum atomic E-state index is -0.332. The van der Waals surface area contributed by atoms with E-state index in [1.54, 1.807) is 35.2 Å². The first-order valence-corrected chi connectivity index (χ1v) is 7.88. The van der Waals surface area contributed by atoms with Gasteiger partial charge in [-0.15, -0.1) is 0 Å². The van der Waals surface area contributed by atoms with Gasteiger partial charge in [0.1, 0.15) is 17.6 Å². The van der Waals surface area contributed by atoms with Crippen LogP contribution < -0.4 is 0 Å². The monoisotopic (exact) mass is 348 g/mol. The topological polar surface area (TPSA) is 92.0 Å². The number of hydrogen-bond acceptors (Lipinski definition) is 5. The lowest BCUT2D eigenvalue weighted by Gasteiger charge is -2.09. The molecule has 26 heavy (non-hydrogen) atoms. The summed E-state index contributed by atoms with van der Waals surface area (Å²) in [5.74, 6) is -0.332. The van der Waals surface area contributed by atoms with Gasteiger partial charge >= 0.3 is 0 Å². The van der Waals surface area contributed by atoms with Crippen molar-refractivity contribution in [1.82, 2.24) is 24.1 Å². The molecule has 0 saturated heterocycles. The first kappa shape index (κ1) is 15.9. The molecule has 7 nitrogen and oxygen atoms in total. The molecule has 1 N–H and O–H groups in total. The fourth-order valence-corrected chi connectivity index (χ4v) is 2.82. The Morgan fingerprint density at radius 3 is 2.65 bits per heavy atom. The van der Waals surface area contributed by atoms with E-state index in [1.165, 1.54) is 22.8 Å². The maximum Gasteiger partial charge on any atom is 0.162 e. The molecular weight excluding hydrogens is 335 g/mol. The summed E-state index contributed by atoms with van der Waals surface area (Å²) in [6.07, 6.45) is 3.06. The number of nitrogens with zero attached hydrogens (tertiary/aromatic N) is 6. The van der Waals surface area contributed by atoms with Crippen LogP contribution in [0.2, 0.25) is 0 Å². The number of benzene rings is 1. The SMILES string of the molecule is N#Cc1cnc2ccc(-c3c(-c4ccc(F)cc4)ncn3CCO)nn12. The quantitative estimate of drug-likeness (QED) is 0.611. The second-order valence-corrected chi connectivity index (χ2v) is 5.61. The van der Waals surface area contributed by atoms with Gasteiger partial charge in [0.15, 0.2) is 11.3 Å². The van der Waals surface area contributed by atoms with Gasteiger partial charge in [-0.2, -0.15) is 10.4 Å². The van der Waals surface area contributed by atoms with Crippen LogP contribution in [0.1, 0.15) is 5.69 Å².